The average molecular weight is 301 g/mol. The van der Waals surface area contributed by atoms with Gasteiger partial charge in [-0.25, -0.2) is 0 Å². The Morgan fingerprint density at radius 1 is 1.27 bits per heavy atom. The van der Waals surface area contributed by atoms with Gasteiger partial charge in [-0.3, -0.25) is 4.79 Å². The molecule has 120 valence electrons. The molecule has 3 aliphatic rings. The molecule has 3 nitrogen and oxygen atoms in total. The van der Waals surface area contributed by atoms with Gasteiger partial charge in [0.05, 0.1) is 6.61 Å². The quantitative estimate of drug-likeness (QED) is 0.773. The first-order valence-corrected chi connectivity index (χ1v) is 8.46. The molecule has 2 saturated heterocycles. The van der Waals surface area contributed by atoms with Crippen molar-refractivity contribution >= 4 is 5.78 Å². The van der Waals surface area contributed by atoms with Crippen molar-refractivity contribution in [3.05, 3.63) is 35.3 Å². The van der Waals surface area contributed by atoms with Crippen molar-refractivity contribution in [2.24, 2.45) is 5.41 Å². The zero-order valence-corrected chi connectivity index (χ0v) is 14.2. The summed E-state index contributed by atoms with van der Waals surface area (Å²) in [5.74, 6) is 1.16. The molecule has 0 aromatic carbocycles. The van der Waals surface area contributed by atoms with Gasteiger partial charge in [-0.1, -0.05) is 6.92 Å². The number of Topliss-reactive ketones (excluding diaryl/α,β-unsaturated/α-hetero) is 1. The highest BCUT2D eigenvalue weighted by Gasteiger charge is 2.40. The van der Waals surface area contributed by atoms with Gasteiger partial charge in [-0.05, 0) is 64.7 Å². The van der Waals surface area contributed by atoms with Crippen molar-refractivity contribution < 1.29 is 9.53 Å². The van der Waals surface area contributed by atoms with E-state index in [4.69, 9.17) is 4.74 Å². The minimum absolute atomic E-state index is 0.0622. The molecule has 0 saturated carbocycles. The van der Waals surface area contributed by atoms with Crippen molar-refractivity contribution in [2.45, 2.75) is 65.5 Å². The van der Waals surface area contributed by atoms with Crippen LogP contribution in [0.25, 0.3) is 0 Å². The van der Waals surface area contributed by atoms with E-state index in [9.17, 15) is 4.79 Å². The molecule has 0 radical (unpaired) electrons. The number of allylic oxidation sites excluding steroid dienone is 6. The maximum atomic E-state index is 12.0. The largest absolute Gasteiger partial charge is 0.497 e. The Kier molecular flexibility index (Phi) is 3.92. The Morgan fingerprint density at radius 2 is 1.95 bits per heavy atom. The second kappa shape index (κ2) is 5.60. The normalized spacial score (nSPS) is 42.0. The van der Waals surface area contributed by atoms with E-state index in [1.54, 1.807) is 6.92 Å². The van der Waals surface area contributed by atoms with E-state index in [-0.39, 0.29) is 11.2 Å². The monoisotopic (exact) mass is 301 g/mol. The Hall–Kier alpha value is -1.51. The third kappa shape index (κ3) is 2.62. The zero-order valence-electron chi connectivity index (χ0n) is 14.2. The SMILES string of the molecule is CC(=O)C1=C/C=C2/OCC[C@]2(C)C/C(N2[C@H](C)CC[C@H]2C)=C\1. The van der Waals surface area contributed by atoms with E-state index >= 15 is 0 Å². The second-order valence-corrected chi connectivity index (χ2v) is 7.36. The lowest BCUT2D eigenvalue weighted by molar-refractivity contribution is -0.113. The summed E-state index contributed by atoms with van der Waals surface area (Å²) in [5, 5.41) is 0. The summed E-state index contributed by atoms with van der Waals surface area (Å²) in [6.45, 7) is 9.31. The van der Waals surface area contributed by atoms with Gasteiger partial charge >= 0.3 is 0 Å². The van der Waals surface area contributed by atoms with Crippen molar-refractivity contribution in [1.29, 1.82) is 0 Å². The Balaban J connectivity index is 2.04. The fourth-order valence-electron chi connectivity index (χ4n) is 4.10. The predicted molar refractivity (Wildman–Crippen MR) is 88.2 cm³/mol. The number of ether oxygens (including phenoxy) is 1. The number of nitrogens with zero attached hydrogens (tertiary/aromatic N) is 1. The molecule has 22 heavy (non-hydrogen) atoms. The van der Waals surface area contributed by atoms with Gasteiger partial charge in [-0.15, -0.1) is 0 Å². The maximum absolute atomic E-state index is 12.0. The van der Waals surface area contributed by atoms with Crippen LogP contribution in [0.15, 0.2) is 35.3 Å². The molecule has 0 spiro atoms. The molecule has 2 fully saturated rings. The van der Waals surface area contributed by atoms with Gasteiger partial charge in [0.1, 0.15) is 5.76 Å². The first-order chi connectivity index (χ1) is 10.4. The highest BCUT2D eigenvalue weighted by Crippen LogP contribution is 2.46. The number of rotatable bonds is 2. The second-order valence-electron chi connectivity index (χ2n) is 7.36. The van der Waals surface area contributed by atoms with Crippen molar-refractivity contribution in [3.63, 3.8) is 0 Å². The number of likely N-dealkylation sites (tertiary alicyclic amines) is 1. The molecular weight excluding hydrogens is 274 g/mol. The zero-order chi connectivity index (χ0) is 15.9. The molecule has 2 heterocycles. The van der Waals surface area contributed by atoms with Gasteiger partial charge in [0.25, 0.3) is 0 Å². The summed E-state index contributed by atoms with van der Waals surface area (Å²) in [4.78, 5) is 14.5. The number of ketones is 1. The van der Waals surface area contributed by atoms with Crippen LogP contribution >= 0.6 is 0 Å². The Morgan fingerprint density at radius 3 is 2.59 bits per heavy atom. The van der Waals surface area contributed by atoms with Crippen LogP contribution in [0.3, 0.4) is 0 Å². The minimum atomic E-state index is 0.0622. The highest BCUT2D eigenvalue weighted by molar-refractivity contribution is 5.96. The Bertz CT molecular complexity index is 562. The summed E-state index contributed by atoms with van der Waals surface area (Å²) in [7, 11) is 0. The lowest BCUT2D eigenvalue weighted by Gasteiger charge is -2.36. The molecule has 3 rings (SSSR count). The molecule has 0 unspecified atom stereocenters. The fraction of sp³-hybridized carbons (Fsp3) is 0.632. The summed E-state index contributed by atoms with van der Waals surface area (Å²) < 4.78 is 5.85. The molecule has 3 atom stereocenters. The molecule has 2 aliphatic heterocycles. The molecule has 1 aliphatic carbocycles. The smallest absolute Gasteiger partial charge is 0.159 e. The van der Waals surface area contributed by atoms with Crippen molar-refractivity contribution in [2.75, 3.05) is 6.61 Å². The topological polar surface area (TPSA) is 29.5 Å². The molecule has 3 heteroatoms. The first kappa shape index (κ1) is 15.4. The molecular formula is C19H27NO2. The van der Waals surface area contributed by atoms with Crippen LogP contribution in [0.5, 0.6) is 0 Å². The molecule has 0 aromatic rings. The maximum Gasteiger partial charge on any atom is 0.159 e. The number of carbonyl (C=O) groups is 1. The van der Waals surface area contributed by atoms with Gasteiger partial charge < -0.3 is 9.64 Å². The number of hydrogen-bond acceptors (Lipinski definition) is 3. The standard InChI is InChI=1S/C19H27NO2/c1-13-5-6-14(2)20(13)17-11-16(15(3)21)7-8-18-19(4,12-17)9-10-22-18/h7-8,11,13-14H,5-6,9-10,12H2,1-4H3/b16-7+,17-11+,18-8+/t13-,14-,19-/m1/s1. The summed E-state index contributed by atoms with van der Waals surface area (Å²) in [6, 6.07) is 1.10. The number of fused-ring (bicyclic) bond motifs is 1. The molecule has 0 bridgehead atoms. The summed E-state index contributed by atoms with van der Waals surface area (Å²) in [5.41, 5.74) is 2.15. The van der Waals surface area contributed by atoms with Gasteiger partial charge in [0.2, 0.25) is 0 Å². The van der Waals surface area contributed by atoms with Gasteiger partial charge in [0, 0.05) is 28.8 Å². The van der Waals surface area contributed by atoms with E-state index in [2.05, 4.69) is 31.7 Å². The highest BCUT2D eigenvalue weighted by atomic mass is 16.5. The van der Waals surface area contributed by atoms with E-state index in [0.717, 1.165) is 30.8 Å². The number of hydrogen-bond donors (Lipinski definition) is 0. The van der Waals surface area contributed by atoms with Gasteiger partial charge in [0.15, 0.2) is 5.78 Å². The van der Waals surface area contributed by atoms with Crippen LogP contribution in [0.4, 0.5) is 0 Å². The summed E-state index contributed by atoms with van der Waals surface area (Å²) >= 11 is 0. The van der Waals surface area contributed by atoms with E-state index < -0.39 is 0 Å². The fourth-order valence-corrected chi connectivity index (χ4v) is 4.10. The van der Waals surface area contributed by atoms with Crippen molar-refractivity contribution in [1.82, 2.24) is 4.90 Å². The molecule has 0 N–H and O–H groups in total. The van der Waals surface area contributed by atoms with Gasteiger partial charge in [-0.2, -0.15) is 0 Å². The predicted octanol–water partition coefficient (Wildman–Crippen LogP) is 3.97. The molecule has 0 aromatic heterocycles. The molecule has 0 amide bonds. The summed E-state index contributed by atoms with van der Waals surface area (Å²) in [6.07, 6.45) is 10.5. The van der Waals surface area contributed by atoms with E-state index in [0.29, 0.717) is 12.1 Å². The third-order valence-electron chi connectivity index (χ3n) is 5.50. The van der Waals surface area contributed by atoms with Crippen LogP contribution in [0.1, 0.15) is 53.4 Å². The lowest BCUT2D eigenvalue weighted by atomic mass is 9.80. The van der Waals surface area contributed by atoms with Crippen LogP contribution in [-0.2, 0) is 9.53 Å². The lowest BCUT2D eigenvalue weighted by Crippen LogP contribution is -2.35. The van der Waals surface area contributed by atoms with Crippen molar-refractivity contribution in [3.8, 4) is 0 Å². The first-order valence-electron chi connectivity index (χ1n) is 8.46. The average Bonchev–Trinajstić information content (AvgIpc) is 2.94. The van der Waals surface area contributed by atoms with E-state index in [1.807, 2.05) is 12.2 Å². The van der Waals surface area contributed by atoms with Crippen LogP contribution in [0.2, 0.25) is 0 Å². The minimum Gasteiger partial charge on any atom is -0.497 e. The third-order valence-corrected chi connectivity index (χ3v) is 5.50. The van der Waals surface area contributed by atoms with E-state index in [1.165, 1.54) is 18.5 Å². The Labute approximate surface area is 133 Å². The van der Waals surface area contributed by atoms with Crippen LogP contribution < -0.4 is 0 Å². The van der Waals surface area contributed by atoms with Crippen LogP contribution in [-0.4, -0.2) is 29.4 Å². The number of carbonyl (C=O) groups excluding carboxylic acids is 1. The van der Waals surface area contributed by atoms with Crippen LogP contribution in [0, 0.1) is 5.41 Å².